The molecule has 76 valence electrons. The second-order valence-corrected chi connectivity index (χ2v) is 3.48. The van der Waals surface area contributed by atoms with E-state index < -0.39 is 5.82 Å². The molecule has 2 rings (SSSR count). The third kappa shape index (κ3) is 2.10. The van der Waals surface area contributed by atoms with Gasteiger partial charge < -0.3 is 4.98 Å². The summed E-state index contributed by atoms with van der Waals surface area (Å²) in [5, 5.41) is 0. The molecule has 4 heteroatoms. The minimum atomic E-state index is -0.508. The van der Waals surface area contributed by atoms with Crippen molar-refractivity contribution in [1.29, 1.82) is 0 Å². The van der Waals surface area contributed by atoms with Gasteiger partial charge in [-0.25, -0.2) is 8.78 Å². The van der Waals surface area contributed by atoms with Gasteiger partial charge in [0.05, 0.1) is 0 Å². The summed E-state index contributed by atoms with van der Waals surface area (Å²) in [5.74, 6) is -0.859. The third-order valence-electron chi connectivity index (χ3n) is 2.02. The molecule has 1 heterocycles. The Morgan fingerprint density at radius 3 is 2.53 bits per heavy atom. The number of pyridine rings is 1. The highest BCUT2D eigenvalue weighted by molar-refractivity contribution is 7.71. The van der Waals surface area contributed by atoms with Crippen LogP contribution in [-0.4, -0.2) is 4.98 Å². The van der Waals surface area contributed by atoms with Crippen molar-refractivity contribution in [2.75, 3.05) is 0 Å². The lowest BCUT2D eigenvalue weighted by Gasteiger charge is -2.01. The van der Waals surface area contributed by atoms with Crippen LogP contribution in [0, 0.1) is 16.3 Å². The molecule has 0 aliphatic heterocycles. The van der Waals surface area contributed by atoms with Gasteiger partial charge >= 0.3 is 0 Å². The Kier molecular flexibility index (Phi) is 2.60. The maximum absolute atomic E-state index is 13.1. The van der Waals surface area contributed by atoms with E-state index in [0.29, 0.717) is 11.1 Å². The molecule has 1 nitrogen and oxygen atoms in total. The topological polar surface area (TPSA) is 15.8 Å². The molecule has 0 saturated carbocycles. The molecule has 0 aliphatic rings. The third-order valence-corrected chi connectivity index (χ3v) is 2.33. The zero-order valence-corrected chi connectivity index (χ0v) is 8.44. The predicted molar refractivity (Wildman–Crippen MR) is 57.0 cm³/mol. The molecular weight excluding hydrogens is 216 g/mol. The van der Waals surface area contributed by atoms with Gasteiger partial charge in [0.15, 0.2) is 5.82 Å². The molecule has 1 N–H and O–H groups in total. The average molecular weight is 223 g/mol. The van der Waals surface area contributed by atoms with Crippen molar-refractivity contribution in [1.82, 2.24) is 4.98 Å². The summed E-state index contributed by atoms with van der Waals surface area (Å²) >= 11 is 4.68. The van der Waals surface area contributed by atoms with Gasteiger partial charge in [0.2, 0.25) is 0 Å². The molecule has 0 atom stereocenters. The average Bonchev–Trinajstić information content (AvgIpc) is 2.22. The van der Waals surface area contributed by atoms with Crippen molar-refractivity contribution in [2.24, 2.45) is 0 Å². The summed E-state index contributed by atoms with van der Waals surface area (Å²) < 4.78 is 26.1. The van der Waals surface area contributed by atoms with Gasteiger partial charge in [-0.3, -0.25) is 0 Å². The molecule has 1 aromatic carbocycles. The van der Waals surface area contributed by atoms with Crippen LogP contribution in [0.2, 0.25) is 0 Å². The Labute approximate surface area is 90.4 Å². The summed E-state index contributed by atoms with van der Waals surface area (Å²) in [6.07, 6.45) is 1.56. The normalized spacial score (nSPS) is 10.3. The molecule has 0 bridgehead atoms. The van der Waals surface area contributed by atoms with Gasteiger partial charge in [0.25, 0.3) is 0 Å². The molecule has 0 radical (unpaired) electrons. The first-order chi connectivity index (χ1) is 7.16. The van der Waals surface area contributed by atoms with Crippen LogP contribution in [0.3, 0.4) is 0 Å². The molecule has 1 aromatic heterocycles. The fourth-order valence-corrected chi connectivity index (χ4v) is 1.41. The van der Waals surface area contributed by atoms with Crippen LogP contribution < -0.4 is 0 Å². The Balaban J connectivity index is 2.55. The Morgan fingerprint density at radius 1 is 1.07 bits per heavy atom. The lowest BCUT2D eigenvalue weighted by molar-refractivity contribution is 0.616. The van der Waals surface area contributed by atoms with E-state index in [-0.39, 0.29) is 10.5 Å². The number of rotatable bonds is 1. The number of nitrogens with one attached hydrogen (secondary N) is 1. The highest BCUT2D eigenvalue weighted by atomic mass is 32.1. The first-order valence-electron chi connectivity index (χ1n) is 4.31. The summed E-state index contributed by atoms with van der Waals surface area (Å²) in [4.78, 5) is 2.60. The maximum Gasteiger partial charge on any atom is 0.158 e. The smallest absolute Gasteiger partial charge is 0.158 e. The minimum Gasteiger partial charge on any atom is -0.350 e. The van der Waals surface area contributed by atoms with E-state index in [9.17, 15) is 8.78 Å². The molecule has 0 amide bonds. The zero-order valence-electron chi connectivity index (χ0n) is 7.63. The molecule has 0 aliphatic carbocycles. The number of H-pyrrole nitrogens is 1. The Morgan fingerprint density at radius 2 is 1.87 bits per heavy atom. The van der Waals surface area contributed by atoms with Crippen LogP contribution in [0.1, 0.15) is 0 Å². The second kappa shape index (κ2) is 3.90. The van der Waals surface area contributed by atoms with Crippen molar-refractivity contribution in [3.05, 3.63) is 52.8 Å². The predicted octanol–water partition coefficient (Wildman–Crippen LogP) is 3.69. The van der Waals surface area contributed by atoms with Gasteiger partial charge in [-0.1, -0.05) is 24.4 Å². The van der Waals surface area contributed by atoms with Crippen molar-refractivity contribution >= 4 is 12.2 Å². The van der Waals surface area contributed by atoms with Gasteiger partial charge in [-0.2, -0.15) is 0 Å². The molecule has 0 fully saturated rings. The number of halogens is 2. The number of benzene rings is 1. The number of aromatic nitrogens is 1. The fourth-order valence-electron chi connectivity index (χ4n) is 1.29. The quantitative estimate of drug-likeness (QED) is 0.729. The molecule has 0 unspecified atom stereocenters. The SMILES string of the molecule is Fc1cccc(-c2c[nH]c(=S)c(F)c2)c1. The van der Waals surface area contributed by atoms with Crippen LogP contribution in [-0.2, 0) is 0 Å². The first-order valence-corrected chi connectivity index (χ1v) is 4.72. The maximum atomic E-state index is 13.1. The second-order valence-electron chi connectivity index (χ2n) is 3.08. The van der Waals surface area contributed by atoms with Gasteiger partial charge in [-0.05, 0) is 23.8 Å². The standard InChI is InChI=1S/C11H7F2NS/c12-9-3-1-2-7(4-9)8-5-10(13)11(15)14-6-8/h1-6H,(H,14,15). The minimum absolute atomic E-state index is 0.0511. The van der Waals surface area contributed by atoms with E-state index >= 15 is 0 Å². The van der Waals surface area contributed by atoms with E-state index in [1.54, 1.807) is 18.3 Å². The summed E-state index contributed by atoms with van der Waals surface area (Å²) in [6, 6.07) is 7.24. The zero-order chi connectivity index (χ0) is 10.8. The summed E-state index contributed by atoms with van der Waals surface area (Å²) in [6.45, 7) is 0. The Bertz CT molecular complexity index is 548. The van der Waals surface area contributed by atoms with Crippen LogP contribution in [0.5, 0.6) is 0 Å². The highest BCUT2D eigenvalue weighted by Gasteiger charge is 2.01. The molecule has 0 saturated heterocycles. The van der Waals surface area contributed by atoms with E-state index in [2.05, 4.69) is 17.2 Å². The van der Waals surface area contributed by atoms with E-state index in [4.69, 9.17) is 0 Å². The van der Waals surface area contributed by atoms with Crippen LogP contribution in [0.25, 0.3) is 11.1 Å². The van der Waals surface area contributed by atoms with Crippen molar-refractivity contribution in [3.8, 4) is 11.1 Å². The van der Waals surface area contributed by atoms with E-state index in [1.807, 2.05) is 0 Å². The van der Waals surface area contributed by atoms with Crippen molar-refractivity contribution < 1.29 is 8.78 Å². The molecular formula is C11H7F2NS. The monoisotopic (exact) mass is 223 g/mol. The molecule has 0 spiro atoms. The van der Waals surface area contributed by atoms with Crippen LogP contribution >= 0.6 is 12.2 Å². The largest absolute Gasteiger partial charge is 0.350 e. The van der Waals surface area contributed by atoms with Crippen molar-refractivity contribution in [3.63, 3.8) is 0 Å². The first kappa shape index (κ1) is 9.98. The van der Waals surface area contributed by atoms with Gasteiger partial charge in [0, 0.05) is 11.8 Å². The summed E-state index contributed by atoms with van der Waals surface area (Å²) in [5.41, 5.74) is 1.18. The van der Waals surface area contributed by atoms with E-state index in [0.717, 1.165) is 0 Å². The lowest BCUT2D eigenvalue weighted by atomic mass is 10.1. The van der Waals surface area contributed by atoms with Crippen LogP contribution in [0.4, 0.5) is 8.78 Å². The number of hydrogen-bond acceptors (Lipinski definition) is 1. The lowest BCUT2D eigenvalue weighted by Crippen LogP contribution is -1.86. The van der Waals surface area contributed by atoms with Crippen molar-refractivity contribution in [2.45, 2.75) is 0 Å². The van der Waals surface area contributed by atoms with Gasteiger partial charge in [0.1, 0.15) is 10.5 Å². The molecule has 15 heavy (non-hydrogen) atoms. The van der Waals surface area contributed by atoms with Crippen LogP contribution in [0.15, 0.2) is 36.5 Å². The fraction of sp³-hybridized carbons (Fsp3) is 0. The number of aromatic amines is 1. The number of hydrogen-bond donors (Lipinski definition) is 1. The van der Waals surface area contributed by atoms with E-state index in [1.165, 1.54) is 18.2 Å². The highest BCUT2D eigenvalue weighted by Crippen LogP contribution is 2.19. The summed E-state index contributed by atoms with van der Waals surface area (Å²) in [7, 11) is 0. The molecule has 2 aromatic rings. The van der Waals surface area contributed by atoms with Gasteiger partial charge in [-0.15, -0.1) is 0 Å². The Hall–Kier alpha value is -1.55.